The molecule has 0 saturated carbocycles. The highest BCUT2D eigenvalue weighted by Crippen LogP contribution is 2.24. The molecule has 0 saturated heterocycles. The second-order valence-corrected chi connectivity index (χ2v) is 2.03. The molecule has 0 spiro atoms. The normalized spacial score (nSPS) is 9.80. The molecule has 0 amide bonds. The van der Waals surface area contributed by atoms with E-state index in [0.717, 1.165) is 6.54 Å². The van der Waals surface area contributed by atoms with Crippen LogP contribution < -0.4 is 4.90 Å². The lowest BCUT2D eigenvalue weighted by Gasteiger charge is -2.11. The summed E-state index contributed by atoms with van der Waals surface area (Å²) in [7, 11) is 1.85. The van der Waals surface area contributed by atoms with Gasteiger partial charge >= 0.3 is 5.95 Å². The van der Waals surface area contributed by atoms with Crippen LogP contribution in [0.25, 0.3) is 0 Å². The van der Waals surface area contributed by atoms with Gasteiger partial charge in [0.1, 0.15) is 5.69 Å². The standard InChI is InChI=1S/C6H10N2O2/c1-3-8(2)5-4-7-10-6(5)9/h4,9H,3H2,1-2H3. The van der Waals surface area contributed by atoms with Crippen molar-refractivity contribution in [3.63, 3.8) is 0 Å². The van der Waals surface area contributed by atoms with Gasteiger partial charge in [-0.05, 0) is 6.92 Å². The number of hydrogen-bond acceptors (Lipinski definition) is 4. The summed E-state index contributed by atoms with van der Waals surface area (Å²) >= 11 is 0. The van der Waals surface area contributed by atoms with Crippen molar-refractivity contribution in [3.8, 4) is 5.95 Å². The van der Waals surface area contributed by atoms with E-state index < -0.39 is 0 Å². The van der Waals surface area contributed by atoms with E-state index in [2.05, 4.69) is 9.68 Å². The van der Waals surface area contributed by atoms with Crippen molar-refractivity contribution in [1.82, 2.24) is 5.16 Å². The number of hydrogen-bond donors (Lipinski definition) is 1. The molecule has 0 aliphatic carbocycles. The smallest absolute Gasteiger partial charge is 0.332 e. The Morgan fingerprint density at radius 3 is 2.90 bits per heavy atom. The van der Waals surface area contributed by atoms with Crippen LogP contribution in [0.15, 0.2) is 10.7 Å². The van der Waals surface area contributed by atoms with Crippen LogP contribution in [0.4, 0.5) is 5.69 Å². The van der Waals surface area contributed by atoms with E-state index in [1.165, 1.54) is 6.20 Å². The van der Waals surface area contributed by atoms with Crippen LogP contribution in [0.5, 0.6) is 5.95 Å². The van der Waals surface area contributed by atoms with Crippen LogP contribution in [0, 0.1) is 0 Å². The maximum absolute atomic E-state index is 8.98. The highest BCUT2D eigenvalue weighted by molar-refractivity contribution is 5.49. The Balaban J connectivity index is 2.82. The fraction of sp³-hybridized carbons (Fsp3) is 0.500. The Morgan fingerprint density at radius 1 is 1.80 bits per heavy atom. The molecule has 0 aliphatic rings. The molecule has 0 radical (unpaired) electrons. The molecule has 0 aromatic carbocycles. The molecule has 1 aromatic rings. The summed E-state index contributed by atoms with van der Waals surface area (Å²) in [5, 5.41) is 12.4. The third kappa shape index (κ3) is 1.05. The van der Waals surface area contributed by atoms with E-state index in [9.17, 15) is 0 Å². The minimum absolute atomic E-state index is 0.121. The predicted octanol–water partition coefficient (Wildman–Crippen LogP) is 0.836. The number of anilines is 1. The summed E-state index contributed by atoms with van der Waals surface area (Å²) in [6, 6.07) is 0. The number of rotatable bonds is 2. The predicted molar refractivity (Wildman–Crippen MR) is 37.1 cm³/mol. The Morgan fingerprint density at radius 2 is 2.50 bits per heavy atom. The summed E-state index contributed by atoms with van der Waals surface area (Å²) in [4.78, 5) is 1.84. The fourth-order valence-corrected chi connectivity index (χ4v) is 0.660. The Kier molecular flexibility index (Phi) is 1.80. The number of aromatic nitrogens is 1. The third-order valence-corrected chi connectivity index (χ3v) is 1.42. The van der Waals surface area contributed by atoms with Crippen molar-refractivity contribution in [2.24, 2.45) is 0 Å². The first-order valence-corrected chi connectivity index (χ1v) is 3.10. The lowest BCUT2D eigenvalue weighted by atomic mass is 10.5. The van der Waals surface area contributed by atoms with Gasteiger partial charge in [0.2, 0.25) is 0 Å². The van der Waals surface area contributed by atoms with Crippen LogP contribution in [-0.4, -0.2) is 23.9 Å². The van der Waals surface area contributed by atoms with Gasteiger partial charge in [0.15, 0.2) is 0 Å². The highest BCUT2D eigenvalue weighted by atomic mass is 16.5. The van der Waals surface area contributed by atoms with E-state index in [-0.39, 0.29) is 5.95 Å². The molecular formula is C6H10N2O2. The molecule has 1 N–H and O–H groups in total. The fourth-order valence-electron chi connectivity index (χ4n) is 0.660. The number of aromatic hydroxyl groups is 1. The molecule has 10 heavy (non-hydrogen) atoms. The second kappa shape index (κ2) is 2.60. The minimum atomic E-state index is -0.121. The summed E-state index contributed by atoms with van der Waals surface area (Å²) in [5.74, 6) is -0.121. The molecule has 0 bridgehead atoms. The zero-order chi connectivity index (χ0) is 7.56. The second-order valence-electron chi connectivity index (χ2n) is 2.03. The van der Waals surface area contributed by atoms with Gasteiger partial charge in [0.05, 0.1) is 6.20 Å². The van der Waals surface area contributed by atoms with Crippen molar-refractivity contribution in [1.29, 1.82) is 0 Å². The van der Waals surface area contributed by atoms with E-state index in [1.807, 2.05) is 18.9 Å². The zero-order valence-electron chi connectivity index (χ0n) is 6.03. The van der Waals surface area contributed by atoms with Crippen LogP contribution in [0.1, 0.15) is 6.92 Å². The van der Waals surface area contributed by atoms with Crippen LogP contribution in [-0.2, 0) is 0 Å². The lowest BCUT2D eigenvalue weighted by Crippen LogP contribution is -2.14. The number of nitrogens with zero attached hydrogens (tertiary/aromatic N) is 2. The average molecular weight is 142 g/mol. The molecule has 0 aliphatic heterocycles. The monoisotopic (exact) mass is 142 g/mol. The molecule has 0 unspecified atom stereocenters. The Bertz CT molecular complexity index is 209. The first-order valence-electron chi connectivity index (χ1n) is 3.10. The van der Waals surface area contributed by atoms with Crippen molar-refractivity contribution < 1.29 is 9.63 Å². The van der Waals surface area contributed by atoms with Gasteiger partial charge in [0, 0.05) is 13.6 Å². The van der Waals surface area contributed by atoms with Gasteiger partial charge in [-0.15, -0.1) is 0 Å². The van der Waals surface area contributed by atoms with Crippen LogP contribution in [0.3, 0.4) is 0 Å². The first kappa shape index (κ1) is 6.92. The maximum atomic E-state index is 8.98. The lowest BCUT2D eigenvalue weighted by molar-refractivity contribution is 0.278. The SMILES string of the molecule is CCN(C)c1cnoc1O. The summed E-state index contributed by atoms with van der Waals surface area (Å²) < 4.78 is 4.45. The largest absolute Gasteiger partial charge is 0.478 e. The average Bonchev–Trinajstić information content (AvgIpc) is 2.34. The third-order valence-electron chi connectivity index (χ3n) is 1.42. The zero-order valence-corrected chi connectivity index (χ0v) is 6.03. The van der Waals surface area contributed by atoms with Crippen LogP contribution >= 0.6 is 0 Å². The minimum Gasteiger partial charge on any atom is -0.478 e. The van der Waals surface area contributed by atoms with Gasteiger partial charge in [-0.3, -0.25) is 0 Å². The van der Waals surface area contributed by atoms with E-state index >= 15 is 0 Å². The van der Waals surface area contributed by atoms with E-state index in [4.69, 9.17) is 5.11 Å². The summed E-state index contributed by atoms with van der Waals surface area (Å²) in [6.07, 6.45) is 1.48. The summed E-state index contributed by atoms with van der Waals surface area (Å²) in [6.45, 7) is 2.79. The molecule has 1 rings (SSSR count). The van der Waals surface area contributed by atoms with Gasteiger partial charge in [-0.1, -0.05) is 5.16 Å². The highest BCUT2D eigenvalue weighted by Gasteiger charge is 2.08. The van der Waals surface area contributed by atoms with E-state index in [1.54, 1.807) is 0 Å². The van der Waals surface area contributed by atoms with Gasteiger partial charge in [-0.2, -0.15) is 0 Å². The van der Waals surface area contributed by atoms with Gasteiger partial charge in [0.25, 0.3) is 0 Å². The van der Waals surface area contributed by atoms with Crippen molar-refractivity contribution >= 4 is 5.69 Å². The van der Waals surface area contributed by atoms with Crippen molar-refractivity contribution in [2.75, 3.05) is 18.5 Å². The van der Waals surface area contributed by atoms with Gasteiger partial charge < -0.3 is 14.5 Å². The molecule has 56 valence electrons. The molecule has 0 fully saturated rings. The van der Waals surface area contributed by atoms with Crippen LogP contribution in [0.2, 0.25) is 0 Å². The van der Waals surface area contributed by atoms with Crippen molar-refractivity contribution in [2.45, 2.75) is 6.92 Å². The van der Waals surface area contributed by atoms with Crippen molar-refractivity contribution in [3.05, 3.63) is 6.20 Å². The Hall–Kier alpha value is -1.19. The van der Waals surface area contributed by atoms with E-state index in [0.29, 0.717) is 5.69 Å². The van der Waals surface area contributed by atoms with Gasteiger partial charge in [-0.25, -0.2) is 0 Å². The Labute approximate surface area is 59.0 Å². The molecule has 1 heterocycles. The quantitative estimate of drug-likeness (QED) is 0.664. The maximum Gasteiger partial charge on any atom is 0.332 e. The first-order chi connectivity index (χ1) is 4.75. The molecule has 4 heteroatoms. The molecule has 4 nitrogen and oxygen atoms in total. The molecular weight excluding hydrogens is 132 g/mol. The topological polar surface area (TPSA) is 49.5 Å². The summed E-state index contributed by atoms with van der Waals surface area (Å²) in [5.41, 5.74) is 0.627. The molecule has 1 aromatic heterocycles. The molecule has 0 atom stereocenters.